The predicted molar refractivity (Wildman–Crippen MR) is 83.3 cm³/mol. The molecule has 1 aliphatic carbocycles. The molecule has 1 aromatic heterocycles. The Bertz CT molecular complexity index is 630. The number of benzene rings is 1. The fourth-order valence-corrected chi connectivity index (χ4v) is 2.59. The summed E-state index contributed by atoms with van der Waals surface area (Å²) in [5.74, 6) is 1.37. The third kappa shape index (κ3) is 3.35. The summed E-state index contributed by atoms with van der Waals surface area (Å²) < 4.78 is 7.61. The highest BCUT2D eigenvalue weighted by Gasteiger charge is 2.30. The van der Waals surface area contributed by atoms with Gasteiger partial charge in [-0.05, 0) is 37.0 Å². The fraction of sp³-hybridized carbons (Fsp3) is 0.471. The predicted octanol–water partition coefficient (Wildman–Crippen LogP) is 3.00. The van der Waals surface area contributed by atoms with E-state index in [-0.39, 0.29) is 0 Å². The van der Waals surface area contributed by atoms with Gasteiger partial charge in [0.25, 0.3) is 0 Å². The molecular weight excluding hydrogens is 278 g/mol. The van der Waals surface area contributed by atoms with Gasteiger partial charge in [-0.2, -0.15) is 0 Å². The molecule has 0 N–H and O–H groups in total. The highest BCUT2D eigenvalue weighted by Crippen LogP contribution is 2.40. The second-order valence-corrected chi connectivity index (χ2v) is 5.67. The third-order valence-electron chi connectivity index (χ3n) is 3.99. The van der Waals surface area contributed by atoms with Crippen molar-refractivity contribution < 1.29 is 9.53 Å². The molecule has 1 fully saturated rings. The Labute approximate surface area is 130 Å². The molecule has 1 aromatic carbocycles. The van der Waals surface area contributed by atoms with E-state index in [1.165, 1.54) is 5.56 Å². The Hall–Kier alpha value is -2.17. The van der Waals surface area contributed by atoms with Crippen LogP contribution in [0.2, 0.25) is 0 Å². The average Bonchev–Trinajstić information content (AvgIpc) is 3.32. The summed E-state index contributed by atoms with van der Waals surface area (Å²) in [5.41, 5.74) is 2.81. The molecule has 1 saturated carbocycles. The van der Waals surface area contributed by atoms with Gasteiger partial charge in [-0.15, -0.1) is 5.10 Å². The van der Waals surface area contributed by atoms with E-state index in [0.29, 0.717) is 18.2 Å². The molecule has 1 aliphatic rings. The Kier molecular flexibility index (Phi) is 4.51. The van der Waals surface area contributed by atoms with Crippen molar-refractivity contribution in [1.82, 2.24) is 15.0 Å². The van der Waals surface area contributed by atoms with Crippen molar-refractivity contribution in [2.45, 2.75) is 45.1 Å². The highest BCUT2D eigenvalue weighted by molar-refractivity contribution is 5.73. The molecule has 0 atom stereocenters. The van der Waals surface area contributed by atoms with E-state index < -0.39 is 0 Å². The first-order valence-electron chi connectivity index (χ1n) is 7.92. The quantitative estimate of drug-likeness (QED) is 0.555. The first-order valence-corrected chi connectivity index (χ1v) is 7.92. The lowest BCUT2D eigenvalue weighted by atomic mass is 10.2. The first-order chi connectivity index (χ1) is 10.8. The molecule has 1 heterocycles. The van der Waals surface area contributed by atoms with E-state index in [1.54, 1.807) is 0 Å². The number of aldehydes is 1. The molecule has 0 unspecified atom stereocenters. The van der Waals surface area contributed by atoms with Gasteiger partial charge in [0.05, 0.1) is 12.3 Å². The number of carbonyl (C=O) groups is 1. The van der Waals surface area contributed by atoms with Gasteiger partial charge in [0.15, 0.2) is 6.29 Å². The normalized spacial score (nSPS) is 14.0. The van der Waals surface area contributed by atoms with Crippen LogP contribution in [0.15, 0.2) is 24.3 Å². The van der Waals surface area contributed by atoms with E-state index in [2.05, 4.69) is 29.4 Å². The van der Waals surface area contributed by atoms with Gasteiger partial charge >= 0.3 is 0 Å². The Morgan fingerprint density at radius 2 is 2.09 bits per heavy atom. The van der Waals surface area contributed by atoms with E-state index in [9.17, 15) is 4.79 Å². The molecule has 22 heavy (non-hydrogen) atoms. The maximum Gasteiger partial charge on any atom is 0.172 e. The van der Waals surface area contributed by atoms with Gasteiger partial charge < -0.3 is 4.74 Å². The standard InChI is InChI=1S/C17H21N3O2/c1-2-13-4-8-15(9-5-13)22-11-3-10-20-17(14-6-7-14)16(12-21)18-19-20/h4-5,8-9,12,14H,2-3,6-7,10-11H2,1H3. The van der Waals surface area contributed by atoms with Crippen LogP contribution in [0.5, 0.6) is 5.75 Å². The monoisotopic (exact) mass is 299 g/mol. The molecule has 0 aliphatic heterocycles. The van der Waals surface area contributed by atoms with Crippen LogP contribution in [-0.4, -0.2) is 27.9 Å². The van der Waals surface area contributed by atoms with Gasteiger partial charge in [0, 0.05) is 18.9 Å². The zero-order valence-corrected chi connectivity index (χ0v) is 12.9. The molecule has 3 rings (SSSR count). The van der Waals surface area contributed by atoms with Crippen molar-refractivity contribution in [3.63, 3.8) is 0 Å². The number of nitrogens with zero attached hydrogens (tertiary/aromatic N) is 3. The van der Waals surface area contributed by atoms with Crippen LogP contribution in [0.25, 0.3) is 0 Å². The largest absolute Gasteiger partial charge is 0.494 e. The minimum absolute atomic E-state index is 0.470. The summed E-state index contributed by atoms with van der Waals surface area (Å²) in [4.78, 5) is 11.0. The third-order valence-corrected chi connectivity index (χ3v) is 3.99. The van der Waals surface area contributed by atoms with Gasteiger partial charge in [-0.3, -0.25) is 4.79 Å². The van der Waals surface area contributed by atoms with E-state index in [1.807, 2.05) is 16.8 Å². The molecule has 2 aromatic rings. The lowest BCUT2D eigenvalue weighted by Gasteiger charge is -2.08. The lowest BCUT2D eigenvalue weighted by molar-refractivity contribution is 0.111. The zero-order valence-electron chi connectivity index (χ0n) is 12.9. The summed E-state index contributed by atoms with van der Waals surface area (Å²) in [7, 11) is 0. The molecule has 0 spiro atoms. The molecule has 0 radical (unpaired) electrons. The van der Waals surface area contributed by atoms with Crippen LogP contribution in [0.4, 0.5) is 0 Å². The van der Waals surface area contributed by atoms with Gasteiger partial charge in [0.1, 0.15) is 11.4 Å². The summed E-state index contributed by atoms with van der Waals surface area (Å²) in [6, 6.07) is 8.20. The van der Waals surface area contributed by atoms with Crippen LogP contribution in [0.3, 0.4) is 0 Å². The van der Waals surface area contributed by atoms with Crippen LogP contribution in [-0.2, 0) is 13.0 Å². The van der Waals surface area contributed by atoms with E-state index >= 15 is 0 Å². The SMILES string of the molecule is CCc1ccc(OCCCn2nnc(C=O)c2C2CC2)cc1. The lowest BCUT2D eigenvalue weighted by Crippen LogP contribution is -2.09. The molecule has 116 valence electrons. The Balaban J connectivity index is 1.50. The minimum atomic E-state index is 0.470. The molecule has 0 saturated heterocycles. The van der Waals surface area contributed by atoms with Gasteiger partial charge in [-0.25, -0.2) is 4.68 Å². The second kappa shape index (κ2) is 6.73. The number of hydrogen-bond acceptors (Lipinski definition) is 4. The van der Waals surface area contributed by atoms with Crippen LogP contribution in [0.1, 0.15) is 53.8 Å². The molecule has 0 bridgehead atoms. The maximum absolute atomic E-state index is 11.0. The second-order valence-electron chi connectivity index (χ2n) is 5.67. The van der Waals surface area contributed by atoms with Crippen molar-refractivity contribution in [1.29, 1.82) is 0 Å². The number of carbonyl (C=O) groups excluding carboxylic acids is 1. The van der Waals surface area contributed by atoms with Crippen LogP contribution >= 0.6 is 0 Å². The average molecular weight is 299 g/mol. The molecular formula is C17H21N3O2. The number of ether oxygens (including phenoxy) is 1. The van der Waals surface area contributed by atoms with Crippen LogP contribution in [0, 0.1) is 0 Å². The summed E-state index contributed by atoms with van der Waals surface area (Å²) >= 11 is 0. The van der Waals surface area contributed by atoms with Crippen molar-refractivity contribution >= 4 is 6.29 Å². The van der Waals surface area contributed by atoms with Gasteiger partial charge in [-0.1, -0.05) is 24.3 Å². The van der Waals surface area contributed by atoms with E-state index in [4.69, 9.17) is 4.74 Å². The summed E-state index contributed by atoms with van der Waals surface area (Å²) in [5, 5.41) is 8.05. The van der Waals surface area contributed by atoms with Crippen molar-refractivity contribution in [3.8, 4) is 5.75 Å². The maximum atomic E-state index is 11.0. The van der Waals surface area contributed by atoms with Crippen LogP contribution < -0.4 is 4.74 Å². The number of hydrogen-bond donors (Lipinski definition) is 0. The number of rotatable bonds is 8. The number of aryl methyl sites for hydroxylation is 2. The van der Waals surface area contributed by atoms with E-state index in [0.717, 1.165) is 50.0 Å². The minimum Gasteiger partial charge on any atom is -0.494 e. The van der Waals surface area contributed by atoms with Gasteiger partial charge in [0.2, 0.25) is 0 Å². The summed E-state index contributed by atoms with van der Waals surface area (Å²) in [6.07, 6.45) is 4.96. The number of aromatic nitrogens is 3. The Morgan fingerprint density at radius 1 is 1.32 bits per heavy atom. The highest BCUT2D eigenvalue weighted by atomic mass is 16.5. The van der Waals surface area contributed by atoms with Crippen molar-refractivity contribution in [2.24, 2.45) is 0 Å². The summed E-state index contributed by atoms with van der Waals surface area (Å²) in [6.45, 7) is 3.50. The fourth-order valence-electron chi connectivity index (χ4n) is 2.59. The smallest absolute Gasteiger partial charge is 0.172 e. The zero-order chi connectivity index (χ0) is 15.4. The Morgan fingerprint density at radius 3 is 2.73 bits per heavy atom. The topological polar surface area (TPSA) is 57.0 Å². The first kappa shape index (κ1) is 14.8. The molecule has 5 nitrogen and oxygen atoms in total. The molecule has 0 amide bonds. The molecule has 5 heteroatoms. The van der Waals surface area contributed by atoms with Crippen molar-refractivity contribution in [3.05, 3.63) is 41.2 Å². The van der Waals surface area contributed by atoms with Crippen molar-refractivity contribution in [2.75, 3.05) is 6.61 Å².